The molecule has 1 amide bonds. The van der Waals surface area contributed by atoms with Crippen LogP contribution in [0.2, 0.25) is 0 Å². The molecule has 7 heteroatoms. The predicted octanol–water partition coefficient (Wildman–Crippen LogP) is 1.19. The SMILES string of the molecule is CCCC[C@@H](CC)C[NH2+][C@H](CC(=O)Nc1ccc(F)cc1F)C(=O)[O-]. The van der Waals surface area contributed by atoms with Crippen LogP contribution in [0.1, 0.15) is 46.0 Å². The Bertz CT molecular complexity index is 581. The number of hydrogen-bond acceptors (Lipinski definition) is 3. The van der Waals surface area contributed by atoms with E-state index < -0.39 is 29.6 Å². The largest absolute Gasteiger partial charge is 0.544 e. The highest BCUT2D eigenvalue weighted by Crippen LogP contribution is 2.15. The molecule has 3 N–H and O–H groups in total. The molecule has 0 heterocycles. The number of quaternary nitrogens is 1. The monoisotopic (exact) mass is 356 g/mol. The van der Waals surface area contributed by atoms with Crippen molar-refractivity contribution in [2.75, 3.05) is 11.9 Å². The fourth-order valence-corrected chi connectivity index (χ4v) is 2.59. The van der Waals surface area contributed by atoms with E-state index in [1.54, 1.807) is 5.32 Å². The molecule has 0 spiro atoms. The van der Waals surface area contributed by atoms with E-state index in [1.165, 1.54) is 0 Å². The fraction of sp³-hybridized carbons (Fsp3) is 0.556. The van der Waals surface area contributed by atoms with Crippen LogP contribution in [0.25, 0.3) is 0 Å². The van der Waals surface area contributed by atoms with Gasteiger partial charge in [-0.2, -0.15) is 0 Å². The number of aliphatic carboxylic acids is 1. The second-order valence-electron chi connectivity index (χ2n) is 6.19. The number of unbranched alkanes of at least 4 members (excludes halogenated alkanes) is 1. The molecule has 1 aromatic carbocycles. The van der Waals surface area contributed by atoms with Gasteiger partial charge in [0.2, 0.25) is 5.91 Å². The van der Waals surface area contributed by atoms with Crippen molar-refractivity contribution in [3.8, 4) is 0 Å². The van der Waals surface area contributed by atoms with Gasteiger partial charge >= 0.3 is 0 Å². The van der Waals surface area contributed by atoms with Crippen LogP contribution in [0.15, 0.2) is 18.2 Å². The van der Waals surface area contributed by atoms with Crippen molar-refractivity contribution in [1.29, 1.82) is 0 Å². The molecule has 0 radical (unpaired) electrons. The summed E-state index contributed by atoms with van der Waals surface area (Å²) in [5.41, 5.74) is -0.183. The van der Waals surface area contributed by atoms with Crippen molar-refractivity contribution >= 4 is 17.6 Å². The zero-order valence-electron chi connectivity index (χ0n) is 14.7. The Morgan fingerprint density at radius 2 is 2.00 bits per heavy atom. The maximum absolute atomic E-state index is 13.5. The van der Waals surface area contributed by atoms with E-state index in [1.807, 2.05) is 6.92 Å². The molecule has 0 saturated carbocycles. The Balaban J connectivity index is 2.58. The number of nitrogens with two attached hydrogens (primary N) is 1. The van der Waals surface area contributed by atoms with Crippen LogP contribution in [-0.2, 0) is 9.59 Å². The van der Waals surface area contributed by atoms with Crippen molar-refractivity contribution in [3.05, 3.63) is 29.8 Å². The van der Waals surface area contributed by atoms with Gasteiger partial charge in [-0.1, -0.05) is 26.7 Å². The predicted molar refractivity (Wildman–Crippen MR) is 88.5 cm³/mol. The molecule has 25 heavy (non-hydrogen) atoms. The molecule has 0 aliphatic rings. The lowest BCUT2D eigenvalue weighted by atomic mass is 9.99. The molecule has 5 nitrogen and oxygen atoms in total. The van der Waals surface area contributed by atoms with Gasteiger partial charge in [0.15, 0.2) is 0 Å². The van der Waals surface area contributed by atoms with Crippen molar-refractivity contribution < 1.29 is 28.8 Å². The normalized spacial score (nSPS) is 13.3. The number of carbonyl (C=O) groups is 2. The first-order valence-electron chi connectivity index (χ1n) is 8.66. The molecule has 0 aliphatic carbocycles. The average molecular weight is 356 g/mol. The lowest BCUT2D eigenvalue weighted by Crippen LogP contribution is -2.94. The summed E-state index contributed by atoms with van der Waals surface area (Å²) in [7, 11) is 0. The standard InChI is InChI=1S/C18H26F2N2O3/c1-3-5-6-12(4-2)11-21-16(18(24)25)10-17(23)22-15-8-7-13(19)9-14(15)20/h7-9,12,16,21H,3-6,10-11H2,1-2H3,(H,22,23)(H,24,25)/t12-,16-/m1/s1. The molecule has 1 aromatic rings. The molecule has 0 aliphatic heterocycles. The van der Waals surface area contributed by atoms with Crippen LogP contribution in [-0.4, -0.2) is 24.5 Å². The summed E-state index contributed by atoms with van der Waals surface area (Å²) in [4.78, 5) is 23.2. The number of halogens is 2. The highest BCUT2D eigenvalue weighted by atomic mass is 19.1. The fourth-order valence-electron chi connectivity index (χ4n) is 2.59. The minimum atomic E-state index is -1.33. The maximum atomic E-state index is 13.5. The lowest BCUT2D eigenvalue weighted by molar-refractivity contribution is -0.687. The van der Waals surface area contributed by atoms with Gasteiger partial charge in [0.25, 0.3) is 0 Å². The molecular formula is C18H26F2N2O3. The van der Waals surface area contributed by atoms with Gasteiger partial charge in [0.05, 0.1) is 24.6 Å². The number of benzene rings is 1. The van der Waals surface area contributed by atoms with Gasteiger partial charge in [0.1, 0.15) is 17.7 Å². The number of amides is 1. The van der Waals surface area contributed by atoms with Gasteiger partial charge in [-0.05, 0) is 25.0 Å². The first-order valence-corrected chi connectivity index (χ1v) is 8.66. The van der Waals surface area contributed by atoms with Crippen LogP contribution in [0.5, 0.6) is 0 Å². The molecule has 0 bridgehead atoms. The molecule has 1 rings (SSSR count). The average Bonchev–Trinajstić information content (AvgIpc) is 2.56. The van der Waals surface area contributed by atoms with E-state index in [0.29, 0.717) is 18.5 Å². The number of carboxylic acids is 1. The third-order valence-corrected chi connectivity index (χ3v) is 4.21. The summed E-state index contributed by atoms with van der Waals surface area (Å²) in [6.45, 7) is 4.73. The summed E-state index contributed by atoms with van der Waals surface area (Å²) >= 11 is 0. The molecule has 0 aromatic heterocycles. The van der Waals surface area contributed by atoms with Crippen molar-refractivity contribution in [3.63, 3.8) is 0 Å². The lowest BCUT2D eigenvalue weighted by Gasteiger charge is -2.20. The molecule has 0 saturated heterocycles. The number of carbonyl (C=O) groups excluding carboxylic acids is 2. The van der Waals surface area contributed by atoms with Gasteiger partial charge in [-0.3, -0.25) is 4.79 Å². The number of hydrogen-bond donors (Lipinski definition) is 2. The first-order chi connectivity index (χ1) is 11.9. The summed E-state index contributed by atoms with van der Waals surface area (Å²) in [6, 6.07) is 1.72. The molecule has 2 atom stereocenters. The summed E-state index contributed by atoms with van der Waals surface area (Å²) in [5.74, 6) is -3.28. The van der Waals surface area contributed by atoms with Crippen LogP contribution >= 0.6 is 0 Å². The first kappa shape index (κ1) is 21.0. The summed E-state index contributed by atoms with van der Waals surface area (Å²) in [5, 5.41) is 15.1. The van der Waals surface area contributed by atoms with Crippen LogP contribution in [0, 0.1) is 17.6 Å². The quantitative estimate of drug-likeness (QED) is 0.624. The van der Waals surface area contributed by atoms with E-state index in [-0.39, 0.29) is 12.1 Å². The maximum Gasteiger partial charge on any atom is 0.230 e. The molecular weight excluding hydrogens is 330 g/mol. The zero-order chi connectivity index (χ0) is 18.8. The zero-order valence-corrected chi connectivity index (χ0v) is 14.7. The second kappa shape index (κ2) is 10.8. The Hall–Kier alpha value is -2.02. The van der Waals surface area contributed by atoms with Gasteiger partial charge in [0, 0.05) is 12.0 Å². The third-order valence-electron chi connectivity index (χ3n) is 4.21. The molecule has 140 valence electrons. The number of carboxylic acid groups (broad SMARTS) is 1. The van der Waals surface area contributed by atoms with Gasteiger partial charge in [-0.25, -0.2) is 8.78 Å². The van der Waals surface area contributed by atoms with Crippen LogP contribution in [0.4, 0.5) is 14.5 Å². The highest BCUT2D eigenvalue weighted by molar-refractivity contribution is 5.93. The summed E-state index contributed by atoms with van der Waals surface area (Å²) in [6.07, 6.45) is 3.75. The molecule has 0 fully saturated rings. The number of nitrogens with one attached hydrogen (secondary N) is 1. The van der Waals surface area contributed by atoms with Crippen molar-refractivity contribution in [2.24, 2.45) is 5.92 Å². The minimum absolute atomic E-state index is 0.183. The van der Waals surface area contributed by atoms with E-state index in [0.717, 1.165) is 37.8 Å². The topological polar surface area (TPSA) is 85.8 Å². The highest BCUT2D eigenvalue weighted by Gasteiger charge is 2.21. The Morgan fingerprint density at radius 1 is 1.28 bits per heavy atom. The smallest absolute Gasteiger partial charge is 0.230 e. The Kier molecular flexibility index (Phi) is 9.05. The van der Waals surface area contributed by atoms with Crippen molar-refractivity contribution in [2.45, 2.75) is 52.0 Å². The Labute approximate surface area is 146 Å². The van der Waals surface area contributed by atoms with Gasteiger partial charge in [-0.15, -0.1) is 0 Å². The molecule has 0 unspecified atom stereocenters. The van der Waals surface area contributed by atoms with E-state index in [4.69, 9.17) is 0 Å². The third kappa shape index (κ3) is 7.60. The number of anilines is 1. The minimum Gasteiger partial charge on any atom is -0.544 e. The van der Waals surface area contributed by atoms with Crippen LogP contribution in [0.3, 0.4) is 0 Å². The van der Waals surface area contributed by atoms with Gasteiger partial charge < -0.3 is 20.5 Å². The Morgan fingerprint density at radius 3 is 2.56 bits per heavy atom. The van der Waals surface area contributed by atoms with E-state index >= 15 is 0 Å². The van der Waals surface area contributed by atoms with Crippen molar-refractivity contribution in [1.82, 2.24) is 0 Å². The summed E-state index contributed by atoms with van der Waals surface area (Å²) < 4.78 is 26.4. The van der Waals surface area contributed by atoms with E-state index in [9.17, 15) is 23.5 Å². The van der Waals surface area contributed by atoms with Crippen LogP contribution < -0.4 is 15.7 Å². The second-order valence-corrected chi connectivity index (χ2v) is 6.19. The number of rotatable bonds is 11. The van der Waals surface area contributed by atoms with E-state index in [2.05, 4.69) is 12.2 Å².